The predicted octanol–water partition coefficient (Wildman–Crippen LogP) is 1.08. The van der Waals surface area contributed by atoms with Gasteiger partial charge in [-0.25, -0.2) is 4.90 Å². The fraction of sp³-hybridized carbons (Fsp3) is 0.300. The number of carbonyl (C=O) groups excluding carboxylic acids is 2. The van der Waals surface area contributed by atoms with Gasteiger partial charge in [-0.05, 0) is 42.5 Å². The van der Waals surface area contributed by atoms with Crippen molar-refractivity contribution in [3.63, 3.8) is 0 Å². The number of phenols is 1. The zero-order valence-electron chi connectivity index (χ0n) is 14.8. The number of hydrogen-bond acceptors (Lipinski definition) is 4. The topological polar surface area (TPSA) is 65.3 Å². The summed E-state index contributed by atoms with van der Waals surface area (Å²) in [6.45, 7) is 3.17. The van der Waals surface area contributed by atoms with E-state index in [1.165, 1.54) is 4.90 Å². The first kappa shape index (κ1) is 17.8. The van der Waals surface area contributed by atoms with Gasteiger partial charge < -0.3 is 14.9 Å². The van der Waals surface area contributed by atoms with Crippen LogP contribution in [-0.4, -0.2) is 49.1 Å². The SMILES string of the molecule is O=C1C[C@H]([NH+]2CCN(c3ccc(O)cc3)CC2)C(=O)N1c1cccc(Cl)c1. The second-order valence-electron chi connectivity index (χ2n) is 6.97. The molecule has 2 amide bonds. The van der Waals surface area contributed by atoms with Gasteiger partial charge in [-0.1, -0.05) is 17.7 Å². The maximum atomic E-state index is 12.9. The number of imide groups is 1. The van der Waals surface area contributed by atoms with Crippen LogP contribution in [0.5, 0.6) is 5.75 Å². The first-order chi connectivity index (χ1) is 13.0. The Kier molecular flexibility index (Phi) is 4.76. The van der Waals surface area contributed by atoms with Gasteiger partial charge in [-0.15, -0.1) is 0 Å². The summed E-state index contributed by atoms with van der Waals surface area (Å²) >= 11 is 6.01. The van der Waals surface area contributed by atoms with Crippen molar-refractivity contribution in [2.75, 3.05) is 36.0 Å². The first-order valence-electron chi connectivity index (χ1n) is 9.04. The van der Waals surface area contributed by atoms with Crippen molar-refractivity contribution < 1.29 is 19.6 Å². The Labute approximate surface area is 162 Å². The van der Waals surface area contributed by atoms with E-state index in [1.807, 2.05) is 12.1 Å². The minimum absolute atomic E-state index is 0.143. The van der Waals surface area contributed by atoms with E-state index in [1.54, 1.807) is 36.4 Å². The van der Waals surface area contributed by atoms with Crippen molar-refractivity contribution in [1.82, 2.24) is 0 Å². The van der Waals surface area contributed by atoms with Gasteiger partial charge in [-0.3, -0.25) is 9.59 Å². The Bertz CT molecular complexity index is 863. The number of piperazine rings is 1. The smallest absolute Gasteiger partial charge is 0.292 e. The first-order valence-corrected chi connectivity index (χ1v) is 9.41. The molecule has 0 unspecified atom stereocenters. The van der Waals surface area contributed by atoms with Gasteiger partial charge >= 0.3 is 0 Å². The summed E-state index contributed by atoms with van der Waals surface area (Å²) in [4.78, 5) is 30.1. The van der Waals surface area contributed by atoms with E-state index >= 15 is 0 Å². The molecule has 2 aliphatic rings. The number of amides is 2. The van der Waals surface area contributed by atoms with Crippen LogP contribution in [0.3, 0.4) is 0 Å². The zero-order valence-corrected chi connectivity index (χ0v) is 15.5. The Balaban J connectivity index is 1.44. The number of rotatable bonds is 3. The highest BCUT2D eigenvalue weighted by atomic mass is 35.5. The lowest BCUT2D eigenvalue weighted by Crippen LogP contribution is -3.19. The van der Waals surface area contributed by atoms with Gasteiger partial charge in [0.05, 0.1) is 38.3 Å². The lowest BCUT2D eigenvalue weighted by Gasteiger charge is -2.35. The molecule has 7 heteroatoms. The van der Waals surface area contributed by atoms with Crippen LogP contribution >= 0.6 is 11.6 Å². The number of benzene rings is 2. The molecule has 140 valence electrons. The minimum atomic E-state index is -0.335. The molecule has 2 saturated heterocycles. The van der Waals surface area contributed by atoms with E-state index in [0.29, 0.717) is 10.7 Å². The summed E-state index contributed by atoms with van der Waals surface area (Å²) in [6.07, 6.45) is 0.236. The Morgan fingerprint density at radius 2 is 1.70 bits per heavy atom. The highest BCUT2D eigenvalue weighted by Gasteiger charge is 2.46. The molecular weight excluding hydrogens is 366 g/mol. The molecule has 2 N–H and O–H groups in total. The number of halogens is 1. The number of phenolic OH excluding ortho intramolecular Hbond substituents is 1. The molecule has 0 radical (unpaired) electrons. The van der Waals surface area contributed by atoms with Crippen LogP contribution < -0.4 is 14.7 Å². The van der Waals surface area contributed by atoms with Gasteiger partial charge in [0, 0.05) is 10.7 Å². The monoisotopic (exact) mass is 386 g/mol. The summed E-state index contributed by atoms with van der Waals surface area (Å²) < 4.78 is 0. The number of nitrogens with zero attached hydrogens (tertiary/aromatic N) is 2. The summed E-state index contributed by atoms with van der Waals surface area (Å²) in [5.41, 5.74) is 1.60. The Morgan fingerprint density at radius 3 is 2.37 bits per heavy atom. The molecular formula is C20H21ClN3O3+. The molecule has 2 aromatic rings. The molecule has 2 heterocycles. The van der Waals surface area contributed by atoms with E-state index in [4.69, 9.17) is 11.6 Å². The van der Waals surface area contributed by atoms with Crippen molar-refractivity contribution in [3.8, 4) is 5.75 Å². The van der Waals surface area contributed by atoms with Gasteiger partial charge in [-0.2, -0.15) is 0 Å². The summed E-state index contributed by atoms with van der Waals surface area (Å²) in [7, 11) is 0. The van der Waals surface area contributed by atoms with Crippen LogP contribution in [-0.2, 0) is 9.59 Å². The summed E-state index contributed by atoms with van der Waals surface area (Å²) in [5, 5.41) is 9.93. The number of aromatic hydroxyl groups is 1. The normalized spacial score (nSPS) is 21.1. The minimum Gasteiger partial charge on any atom is -0.508 e. The molecule has 0 saturated carbocycles. The lowest BCUT2D eigenvalue weighted by atomic mass is 10.1. The maximum absolute atomic E-state index is 12.9. The second-order valence-corrected chi connectivity index (χ2v) is 7.40. The molecule has 2 fully saturated rings. The lowest BCUT2D eigenvalue weighted by molar-refractivity contribution is -0.915. The van der Waals surface area contributed by atoms with Crippen LogP contribution in [0.1, 0.15) is 6.42 Å². The van der Waals surface area contributed by atoms with Crippen LogP contribution in [0.15, 0.2) is 48.5 Å². The molecule has 2 aliphatic heterocycles. The van der Waals surface area contributed by atoms with E-state index < -0.39 is 0 Å². The number of hydrogen-bond donors (Lipinski definition) is 2. The fourth-order valence-electron chi connectivity index (χ4n) is 3.90. The maximum Gasteiger partial charge on any atom is 0.292 e. The molecule has 1 atom stereocenters. The third kappa shape index (κ3) is 3.50. The standard InChI is InChI=1S/C20H20ClN3O3/c21-14-2-1-3-16(12-14)24-19(26)13-18(20(24)27)23-10-8-22(9-11-23)15-4-6-17(25)7-5-15/h1-7,12,18,25H,8-11,13H2/p+1/t18-/m0/s1. The van der Waals surface area contributed by atoms with Crippen molar-refractivity contribution >= 4 is 34.8 Å². The highest BCUT2D eigenvalue weighted by molar-refractivity contribution is 6.31. The van der Waals surface area contributed by atoms with E-state index in [9.17, 15) is 14.7 Å². The molecule has 0 aromatic heterocycles. The van der Waals surface area contributed by atoms with Crippen LogP contribution in [0.4, 0.5) is 11.4 Å². The zero-order chi connectivity index (χ0) is 19.0. The molecule has 6 nitrogen and oxygen atoms in total. The van der Waals surface area contributed by atoms with Crippen molar-refractivity contribution in [2.45, 2.75) is 12.5 Å². The van der Waals surface area contributed by atoms with Crippen LogP contribution in [0, 0.1) is 0 Å². The number of carbonyl (C=O) groups is 2. The van der Waals surface area contributed by atoms with Crippen LogP contribution in [0.25, 0.3) is 0 Å². The molecule has 0 aliphatic carbocycles. The molecule has 27 heavy (non-hydrogen) atoms. The molecule has 0 spiro atoms. The molecule has 2 aromatic carbocycles. The Hall–Kier alpha value is -2.57. The number of anilines is 2. The van der Waals surface area contributed by atoms with Crippen molar-refractivity contribution in [1.29, 1.82) is 0 Å². The van der Waals surface area contributed by atoms with Gasteiger partial charge in [0.1, 0.15) is 5.75 Å². The average Bonchev–Trinajstić information content (AvgIpc) is 2.97. The predicted molar refractivity (Wildman–Crippen MR) is 103 cm³/mol. The van der Waals surface area contributed by atoms with E-state index in [2.05, 4.69) is 4.90 Å². The largest absolute Gasteiger partial charge is 0.508 e. The quantitative estimate of drug-likeness (QED) is 0.775. The van der Waals surface area contributed by atoms with E-state index in [-0.39, 0.29) is 30.0 Å². The molecule has 4 rings (SSSR count). The number of quaternary nitrogens is 1. The molecule has 0 bridgehead atoms. The van der Waals surface area contributed by atoms with Crippen molar-refractivity contribution in [2.24, 2.45) is 0 Å². The average molecular weight is 387 g/mol. The number of nitrogens with one attached hydrogen (secondary N) is 1. The third-order valence-corrected chi connectivity index (χ3v) is 5.56. The van der Waals surface area contributed by atoms with Gasteiger partial charge in [0.2, 0.25) is 5.91 Å². The van der Waals surface area contributed by atoms with Gasteiger partial charge in [0.25, 0.3) is 5.91 Å². The van der Waals surface area contributed by atoms with Gasteiger partial charge in [0.15, 0.2) is 6.04 Å². The summed E-state index contributed by atoms with van der Waals surface area (Å²) in [5.74, 6) is -0.0599. The Morgan fingerprint density at radius 1 is 1.00 bits per heavy atom. The fourth-order valence-corrected chi connectivity index (χ4v) is 4.09. The van der Waals surface area contributed by atoms with Crippen molar-refractivity contribution in [3.05, 3.63) is 53.6 Å². The van der Waals surface area contributed by atoms with E-state index in [0.717, 1.165) is 36.8 Å². The van der Waals surface area contributed by atoms with Crippen LogP contribution in [0.2, 0.25) is 5.02 Å². The third-order valence-electron chi connectivity index (χ3n) is 5.33. The second kappa shape index (κ2) is 7.21. The highest BCUT2D eigenvalue weighted by Crippen LogP contribution is 2.25. The summed E-state index contributed by atoms with van der Waals surface area (Å²) in [6, 6.07) is 13.7.